The van der Waals surface area contributed by atoms with E-state index in [1.807, 2.05) is 7.05 Å². The van der Waals surface area contributed by atoms with Crippen molar-refractivity contribution in [2.24, 2.45) is 0 Å². The zero-order valence-corrected chi connectivity index (χ0v) is 7.87. The van der Waals surface area contributed by atoms with Gasteiger partial charge in [-0.3, -0.25) is 0 Å². The molecule has 2 heteroatoms. The highest BCUT2D eigenvalue weighted by atomic mass is 16.5. The lowest BCUT2D eigenvalue weighted by Gasteiger charge is -2.18. The lowest BCUT2D eigenvalue weighted by Crippen LogP contribution is -2.19. The van der Waals surface area contributed by atoms with Crippen LogP contribution in [-0.4, -0.2) is 20.9 Å². The fourth-order valence-electron chi connectivity index (χ4n) is 1.13. The van der Waals surface area contributed by atoms with Crippen LogP contribution in [0.3, 0.4) is 0 Å². The third-order valence-electron chi connectivity index (χ3n) is 1.77. The Morgan fingerprint density at radius 1 is 1.42 bits per heavy atom. The first-order valence-electron chi connectivity index (χ1n) is 4.01. The Morgan fingerprint density at radius 3 is 2.75 bits per heavy atom. The summed E-state index contributed by atoms with van der Waals surface area (Å²) < 4.78 is 5.02. The topological polar surface area (TPSA) is 12.5 Å². The molecule has 1 aromatic carbocycles. The van der Waals surface area contributed by atoms with Crippen molar-refractivity contribution in [1.82, 2.24) is 0 Å². The average molecular weight is 165 g/mol. The summed E-state index contributed by atoms with van der Waals surface area (Å²) in [6.07, 6.45) is 0. The molecule has 0 bridgehead atoms. The molecule has 0 aliphatic carbocycles. The van der Waals surface area contributed by atoms with Crippen LogP contribution in [0.25, 0.3) is 0 Å². The number of benzene rings is 1. The van der Waals surface area contributed by atoms with E-state index in [1.165, 1.54) is 11.3 Å². The molecule has 0 aromatic heterocycles. The normalized spacial score (nSPS) is 9.92. The Morgan fingerprint density at radius 2 is 2.17 bits per heavy atom. The molecule has 0 aliphatic heterocycles. The van der Waals surface area contributed by atoms with Crippen LogP contribution >= 0.6 is 0 Å². The maximum atomic E-state index is 5.02. The number of hydrogen-bond donors (Lipinski definition) is 0. The van der Waals surface area contributed by atoms with Crippen LogP contribution in [-0.2, 0) is 4.74 Å². The van der Waals surface area contributed by atoms with Gasteiger partial charge in [0.25, 0.3) is 0 Å². The van der Waals surface area contributed by atoms with Gasteiger partial charge in [-0.25, -0.2) is 0 Å². The van der Waals surface area contributed by atoms with Gasteiger partial charge in [-0.1, -0.05) is 12.1 Å². The second-order valence-corrected chi connectivity index (χ2v) is 2.95. The fraction of sp³-hybridized carbons (Fsp3) is 0.400. The third-order valence-corrected chi connectivity index (χ3v) is 1.77. The molecule has 0 aliphatic rings. The summed E-state index contributed by atoms with van der Waals surface area (Å²) in [5, 5.41) is 0. The summed E-state index contributed by atoms with van der Waals surface area (Å²) in [4.78, 5) is 2.06. The van der Waals surface area contributed by atoms with Gasteiger partial charge in [0, 0.05) is 19.8 Å². The number of aryl methyl sites for hydroxylation is 1. The van der Waals surface area contributed by atoms with Crippen molar-refractivity contribution in [2.75, 3.05) is 25.8 Å². The van der Waals surface area contributed by atoms with Crippen LogP contribution in [0.5, 0.6) is 0 Å². The molecule has 0 radical (unpaired) electrons. The van der Waals surface area contributed by atoms with Gasteiger partial charge >= 0.3 is 0 Å². The monoisotopic (exact) mass is 165 g/mol. The molecule has 0 N–H and O–H groups in total. The highest BCUT2D eigenvalue weighted by Crippen LogP contribution is 2.13. The quantitative estimate of drug-likeness (QED) is 0.635. The summed E-state index contributed by atoms with van der Waals surface area (Å²) in [6, 6.07) is 8.35. The maximum Gasteiger partial charge on any atom is 0.118 e. The van der Waals surface area contributed by atoms with Gasteiger partial charge in [-0.2, -0.15) is 0 Å². The fourth-order valence-corrected chi connectivity index (χ4v) is 1.13. The average Bonchev–Trinajstić information content (AvgIpc) is 2.05. The van der Waals surface area contributed by atoms with E-state index in [-0.39, 0.29) is 0 Å². The van der Waals surface area contributed by atoms with Crippen molar-refractivity contribution >= 4 is 5.69 Å². The molecule has 0 saturated heterocycles. The second-order valence-electron chi connectivity index (χ2n) is 2.95. The summed E-state index contributed by atoms with van der Waals surface area (Å²) in [7, 11) is 3.71. The van der Waals surface area contributed by atoms with Gasteiger partial charge in [0.2, 0.25) is 0 Å². The smallest absolute Gasteiger partial charge is 0.118 e. The van der Waals surface area contributed by atoms with Crippen molar-refractivity contribution in [2.45, 2.75) is 6.92 Å². The van der Waals surface area contributed by atoms with Gasteiger partial charge in [0.15, 0.2) is 0 Å². The first-order valence-corrected chi connectivity index (χ1v) is 4.01. The Bertz CT molecular complexity index is 247. The Labute approximate surface area is 73.8 Å². The molecule has 2 nitrogen and oxygen atoms in total. The molecule has 0 fully saturated rings. The van der Waals surface area contributed by atoms with Crippen LogP contribution in [0.4, 0.5) is 5.69 Å². The van der Waals surface area contributed by atoms with Crippen molar-refractivity contribution in [3.63, 3.8) is 0 Å². The van der Waals surface area contributed by atoms with Gasteiger partial charge < -0.3 is 9.64 Å². The molecule has 1 rings (SSSR count). The van der Waals surface area contributed by atoms with E-state index in [2.05, 4.69) is 36.1 Å². The van der Waals surface area contributed by atoms with E-state index >= 15 is 0 Å². The molecule has 12 heavy (non-hydrogen) atoms. The van der Waals surface area contributed by atoms with Gasteiger partial charge in [0.05, 0.1) is 0 Å². The summed E-state index contributed by atoms with van der Waals surface area (Å²) >= 11 is 0. The highest BCUT2D eigenvalue weighted by Gasteiger charge is 1.97. The van der Waals surface area contributed by atoms with Crippen LogP contribution < -0.4 is 4.90 Å². The van der Waals surface area contributed by atoms with Crippen molar-refractivity contribution < 1.29 is 4.74 Å². The van der Waals surface area contributed by atoms with Crippen molar-refractivity contribution in [3.05, 3.63) is 29.8 Å². The first-order chi connectivity index (χ1) is 5.74. The summed E-state index contributed by atoms with van der Waals surface area (Å²) in [5.74, 6) is 0. The maximum absolute atomic E-state index is 5.02. The SMILES string of the molecule is COCN(C)c1cccc(C)c1. The lowest BCUT2D eigenvalue weighted by atomic mass is 10.2. The Kier molecular flexibility index (Phi) is 3.11. The standard InChI is InChI=1S/C10H15NO/c1-9-5-4-6-10(7-9)11(2)8-12-3/h4-7H,8H2,1-3H3. The van der Waals surface area contributed by atoms with E-state index in [4.69, 9.17) is 4.74 Å². The number of anilines is 1. The number of hydrogen-bond acceptors (Lipinski definition) is 2. The van der Waals surface area contributed by atoms with Crippen molar-refractivity contribution in [3.8, 4) is 0 Å². The zero-order valence-electron chi connectivity index (χ0n) is 7.87. The van der Waals surface area contributed by atoms with E-state index in [0.29, 0.717) is 6.73 Å². The number of nitrogens with zero attached hydrogens (tertiary/aromatic N) is 1. The third kappa shape index (κ3) is 2.24. The first kappa shape index (κ1) is 9.07. The van der Waals surface area contributed by atoms with Crippen LogP contribution in [0, 0.1) is 6.92 Å². The van der Waals surface area contributed by atoms with Crippen LogP contribution in [0.15, 0.2) is 24.3 Å². The molecular formula is C10H15NO. The highest BCUT2D eigenvalue weighted by molar-refractivity contribution is 5.47. The molecule has 0 amide bonds. The van der Waals surface area contributed by atoms with Crippen molar-refractivity contribution in [1.29, 1.82) is 0 Å². The van der Waals surface area contributed by atoms with Crippen LogP contribution in [0.2, 0.25) is 0 Å². The molecule has 66 valence electrons. The minimum absolute atomic E-state index is 0.628. The van der Waals surface area contributed by atoms with E-state index < -0.39 is 0 Å². The van der Waals surface area contributed by atoms with Gasteiger partial charge in [-0.05, 0) is 24.6 Å². The van der Waals surface area contributed by atoms with E-state index in [0.717, 1.165) is 0 Å². The Hall–Kier alpha value is -1.02. The number of rotatable bonds is 3. The molecule has 1 aromatic rings. The number of methoxy groups -OCH3 is 1. The molecule has 0 spiro atoms. The molecule has 0 heterocycles. The molecule has 0 saturated carbocycles. The minimum atomic E-state index is 0.628. The van der Waals surface area contributed by atoms with E-state index in [9.17, 15) is 0 Å². The second kappa shape index (κ2) is 4.12. The number of ether oxygens (including phenoxy) is 1. The predicted octanol–water partition coefficient (Wildman–Crippen LogP) is 2.04. The molecule has 0 unspecified atom stereocenters. The Balaban J connectivity index is 2.73. The van der Waals surface area contributed by atoms with Gasteiger partial charge in [-0.15, -0.1) is 0 Å². The molecule has 0 atom stereocenters. The van der Waals surface area contributed by atoms with E-state index in [1.54, 1.807) is 7.11 Å². The summed E-state index contributed by atoms with van der Waals surface area (Å²) in [6.45, 7) is 2.72. The summed E-state index contributed by atoms with van der Waals surface area (Å²) in [5.41, 5.74) is 2.47. The largest absolute Gasteiger partial charge is 0.364 e. The molecular weight excluding hydrogens is 150 g/mol. The van der Waals surface area contributed by atoms with Crippen LogP contribution in [0.1, 0.15) is 5.56 Å². The lowest BCUT2D eigenvalue weighted by molar-refractivity contribution is 0.202. The minimum Gasteiger partial charge on any atom is -0.364 e. The van der Waals surface area contributed by atoms with Gasteiger partial charge in [0.1, 0.15) is 6.73 Å². The predicted molar refractivity (Wildman–Crippen MR) is 51.5 cm³/mol. The zero-order chi connectivity index (χ0) is 8.97.